The number of aromatic nitrogens is 31. The third kappa shape index (κ3) is 27.0. The summed E-state index contributed by atoms with van der Waals surface area (Å²) >= 11 is 0. The first kappa shape index (κ1) is 92.3. The van der Waals surface area contributed by atoms with Crippen molar-refractivity contribution in [3.8, 4) is 45.5 Å². The monoisotopic (exact) mass is 1640 g/mol. The Balaban J connectivity index is 0.000000158. The van der Waals surface area contributed by atoms with E-state index in [9.17, 15) is 0 Å². The van der Waals surface area contributed by atoms with Crippen LogP contribution < -0.4 is 0 Å². The molecule has 1 aromatic carbocycles. The van der Waals surface area contributed by atoms with Crippen molar-refractivity contribution in [1.29, 1.82) is 0 Å². The largest absolute Gasteiger partial charge is 0.288 e. The summed E-state index contributed by atoms with van der Waals surface area (Å²) in [6, 6.07) is 34.4. The lowest BCUT2D eigenvalue weighted by atomic mass is 9.88. The van der Waals surface area contributed by atoms with Crippen LogP contribution >= 0.6 is 0 Å². The van der Waals surface area contributed by atoms with Crippen molar-refractivity contribution >= 4 is 0 Å². The van der Waals surface area contributed by atoms with Gasteiger partial charge in [-0.15, -0.1) is 40.2 Å². The van der Waals surface area contributed by atoms with Crippen molar-refractivity contribution in [3.05, 3.63) is 296 Å². The molecular formula is C91H117N31. The number of aryl methyl sites for hydroxylation is 4. The van der Waals surface area contributed by atoms with E-state index >= 15 is 0 Å². The summed E-state index contributed by atoms with van der Waals surface area (Å²) in [6.07, 6.45) is 34.0. The van der Waals surface area contributed by atoms with Crippen LogP contribution in [-0.2, 0) is 32.5 Å². The van der Waals surface area contributed by atoms with Crippen LogP contribution in [0.4, 0.5) is 0 Å². The minimum Gasteiger partial charge on any atom is -0.288 e. The second kappa shape index (κ2) is 40.9. The predicted octanol–water partition coefficient (Wildman–Crippen LogP) is 17.2. The zero-order valence-electron chi connectivity index (χ0n) is 75.4. The highest BCUT2D eigenvalue weighted by Gasteiger charge is 2.25. The Kier molecular flexibility index (Phi) is 30.9. The number of nitrogens with zero attached hydrogens (tertiary/aromatic N) is 31. The Morgan fingerprint density at radius 3 is 1.21 bits per heavy atom. The molecule has 0 fully saturated rings. The van der Waals surface area contributed by atoms with Crippen molar-refractivity contribution in [2.24, 2.45) is 0 Å². The smallest absolute Gasteiger partial charge is 0.138 e. The molecule has 0 spiro atoms. The maximum Gasteiger partial charge on any atom is 0.138 e. The average molecular weight is 1650 g/mol. The van der Waals surface area contributed by atoms with Crippen molar-refractivity contribution in [1.82, 2.24) is 154 Å². The third-order valence-corrected chi connectivity index (χ3v) is 18.2. The summed E-state index contributed by atoms with van der Waals surface area (Å²) in [6.45, 7) is 55.2. The molecule has 0 saturated heterocycles. The van der Waals surface area contributed by atoms with Gasteiger partial charge in [-0.3, -0.25) is 48.6 Å². The van der Waals surface area contributed by atoms with Crippen LogP contribution in [0.3, 0.4) is 0 Å². The fourth-order valence-electron chi connectivity index (χ4n) is 11.6. The quantitative estimate of drug-likeness (QED) is 0.123. The van der Waals surface area contributed by atoms with Gasteiger partial charge in [0.2, 0.25) is 0 Å². The molecule has 15 aromatic heterocycles. The fraction of sp³-hybridized carbons (Fsp3) is 0.374. The van der Waals surface area contributed by atoms with E-state index in [4.69, 9.17) is 0 Å². The molecule has 0 amide bonds. The summed E-state index contributed by atoms with van der Waals surface area (Å²) in [5.74, 6) is 0.912. The Morgan fingerprint density at radius 2 is 0.738 bits per heavy atom. The Hall–Kier alpha value is -13.6. The topological polar surface area (TPSA) is 336 Å². The van der Waals surface area contributed by atoms with E-state index in [1.54, 1.807) is 130 Å². The molecule has 122 heavy (non-hydrogen) atoms. The highest BCUT2D eigenvalue weighted by molar-refractivity contribution is 5.43. The maximum atomic E-state index is 4.60. The summed E-state index contributed by atoms with van der Waals surface area (Å²) < 4.78 is 7.37. The minimum atomic E-state index is -0.0189. The van der Waals surface area contributed by atoms with E-state index < -0.39 is 0 Å². The lowest BCUT2D eigenvalue weighted by molar-refractivity contribution is 0.554. The maximum absolute atomic E-state index is 4.60. The van der Waals surface area contributed by atoms with Gasteiger partial charge < -0.3 is 0 Å². The zero-order valence-corrected chi connectivity index (χ0v) is 75.4. The van der Waals surface area contributed by atoms with Crippen molar-refractivity contribution in [3.63, 3.8) is 0 Å². The number of pyridine rings is 7. The van der Waals surface area contributed by atoms with Crippen molar-refractivity contribution < 1.29 is 0 Å². The lowest BCUT2D eigenvalue weighted by Crippen LogP contribution is -2.19. The fourth-order valence-corrected chi connectivity index (χ4v) is 11.6. The van der Waals surface area contributed by atoms with E-state index in [2.05, 4.69) is 299 Å². The molecule has 0 N–H and O–H groups in total. The van der Waals surface area contributed by atoms with Crippen LogP contribution in [0.1, 0.15) is 232 Å². The zero-order chi connectivity index (χ0) is 88.7. The third-order valence-electron chi connectivity index (χ3n) is 18.2. The van der Waals surface area contributed by atoms with Crippen LogP contribution in [-0.4, -0.2) is 154 Å². The number of hydrogen-bond donors (Lipinski definition) is 0. The molecule has 0 aliphatic carbocycles. The second-order valence-corrected chi connectivity index (χ2v) is 35.7. The molecule has 0 aliphatic heterocycles. The van der Waals surface area contributed by atoms with Gasteiger partial charge in [0.05, 0.1) is 107 Å². The van der Waals surface area contributed by atoms with Gasteiger partial charge in [0.25, 0.3) is 0 Å². The van der Waals surface area contributed by atoms with Crippen molar-refractivity contribution in [2.75, 3.05) is 0 Å². The van der Waals surface area contributed by atoms with Crippen LogP contribution in [0.15, 0.2) is 228 Å². The van der Waals surface area contributed by atoms with E-state index in [0.717, 1.165) is 102 Å². The first-order valence-electron chi connectivity index (χ1n) is 40.4. The van der Waals surface area contributed by atoms with Gasteiger partial charge in [-0.25, -0.2) is 9.67 Å². The molecule has 15 heterocycles. The molecule has 0 unspecified atom stereocenters. The van der Waals surface area contributed by atoms with Crippen LogP contribution in [0.2, 0.25) is 0 Å². The number of rotatable bonds is 10. The molecule has 0 aliphatic rings. The molecule has 16 aromatic rings. The minimum absolute atomic E-state index is 0.00970. The van der Waals surface area contributed by atoms with E-state index in [1.165, 1.54) is 17.5 Å². The molecular weight excluding hydrogens is 1530 g/mol. The normalized spacial score (nSPS) is 11.5. The molecule has 636 valence electrons. The molecule has 0 atom stereocenters. The summed E-state index contributed by atoms with van der Waals surface area (Å²) in [5.41, 5.74) is 21.0. The van der Waals surface area contributed by atoms with E-state index in [-0.39, 0.29) is 32.5 Å². The van der Waals surface area contributed by atoms with Gasteiger partial charge in [-0.2, -0.15) is 55.5 Å². The average Bonchev–Trinajstić information content (AvgIpc) is 1.34. The summed E-state index contributed by atoms with van der Waals surface area (Å²) in [7, 11) is 0. The van der Waals surface area contributed by atoms with Crippen LogP contribution in [0.25, 0.3) is 45.5 Å². The lowest BCUT2D eigenvalue weighted by Gasteiger charge is -2.21. The van der Waals surface area contributed by atoms with Gasteiger partial charge in [0.15, 0.2) is 0 Å². The Morgan fingerprint density at radius 1 is 0.287 bits per heavy atom. The summed E-state index contributed by atoms with van der Waals surface area (Å²) in [4.78, 5) is 41.7. The first-order chi connectivity index (χ1) is 57.6. The van der Waals surface area contributed by atoms with E-state index in [1.807, 2.05) is 127 Å². The van der Waals surface area contributed by atoms with Gasteiger partial charge in [0.1, 0.15) is 62.0 Å². The molecule has 16 rings (SSSR count). The predicted molar refractivity (Wildman–Crippen MR) is 475 cm³/mol. The summed E-state index contributed by atoms with van der Waals surface area (Å²) in [5, 5.41) is 59.9. The van der Waals surface area contributed by atoms with Gasteiger partial charge in [-0.05, 0) is 147 Å². The molecule has 31 heteroatoms. The molecule has 0 radical (unpaired) electrons. The Labute approximate surface area is 716 Å². The Bertz CT molecular complexity index is 5570. The standard InChI is InChI=1S/3C12H16N4.4C11H14N4.C11H13N3/c1-9-5-10(16-7-13-14-8-16)6-11(15-9)12(2,3)4;1-9-7-10(16-13-5-6-14-16)8-11(15-9)12(2,3)4;1-9-5-6-10(16-13-7-8-14-16)11(15-9)12(2,3)4;1-11(2,3)9-4-10(6-12-5-9)15-7-13-14-8-15;1-11(2,3)10-6-9(4-5-12-10)15-7-13-14-8-15;1-8(2)11-10(5-4-9(3)14-11)15-7-12-6-13-15;1-11(2,3)10-9(5-4-6-12-10)15-13-7-8-14-15;1-9(2)10-4-3-5-11(8-10)14-12-6-7-13-14/h3*5-8H,1-4H3;4*4-8H,1-3H3;3-9H,1-2H3. The van der Waals surface area contributed by atoms with E-state index in [0.29, 0.717) is 11.8 Å². The van der Waals surface area contributed by atoms with Crippen LogP contribution in [0, 0.1) is 27.7 Å². The number of hydrogen-bond acceptors (Lipinski definition) is 23. The van der Waals surface area contributed by atoms with Gasteiger partial charge in [-0.1, -0.05) is 164 Å². The first-order valence-corrected chi connectivity index (χ1v) is 40.4. The van der Waals surface area contributed by atoms with Gasteiger partial charge in [0, 0.05) is 85.5 Å². The van der Waals surface area contributed by atoms with Crippen molar-refractivity contribution in [2.45, 2.75) is 224 Å². The second-order valence-electron chi connectivity index (χ2n) is 35.7. The molecule has 31 nitrogen and oxygen atoms in total. The van der Waals surface area contributed by atoms with Crippen LogP contribution in [0.5, 0.6) is 0 Å². The molecule has 0 saturated carbocycles. The highest BCUT2D eigenvalue weighted by Crippen LogP contribution is 2.30. The van der Waals surface area contributed by atoms with Gasteiger partial charge >= 0.3 is 0 Å². The number of benzene rings is 1. The SMILES string of the molecule is CC(C)(C)c1cc(-n2cnnc2)ccn1.CC(C)(C)c1cncc(-n2cnnc2)c1.CC(C)(C)c1ncccc1-n1nccn1.CC(C)c1cccc(-n2nccn2)c1.Cc1cc(-n2cnnc2)cc(C(C)(C)C)n1.Cc1cc(-n2nccn2)cc(C(C)(C)C)n1.Cc1ccc(-n2cncn2)c(C(C)C)n1.Cc1ccc(-n2nccn2)c(C(C)(C)C)n1. The molecule has 0 bridgehead atoms. The highest BCUT2D eigenvalue weighted by atomic mass is 15.5.